The summed E-state index contributed by atoms with van der Waals surface area (Å²) in [6, 6.07) is 6.64. The molecular formula is C19H25N3O4. The standard InChI is InChI=1S/C19H25N3O4/c1-3-12(2)16-17(23)20-15-7-5-4-6-13(15)11-22(16)19(26)21-9-8-14(10-21)18(24)25/h4-7,12,14,16H,3,8-11H2,1-2H3,(H,20,23)(H,24,25)/t12-,14-,16-/m0/s1. The largest absolute Gasteiger partial charge is 0.481 e. The highest BCUT2D eigenvalue weighted by molar-refractivity contribution is 5.99. The van der Waals surface area contributed by atoms with E-state index in [0.29, 0.717) is 19.5 Å². The van der Waals surface area contributed by atoms with Crippen LogP contribution < -0.4 is 5.32 Å². The highest BCUT2D eigenvalue weighted by Crippen LogP contribution is 2.29. The molecule has 1 fully saturated rings. The van der Waals surface area contributed by atoms with Crippen LogP contribution in [0.1, 0.15) is 32.3 Å². The number of hydrogen-bond acceptors (Lipinski definition) is 3. The van der Waals surface area contributed by atoms with Gasteiger partial charge in [-0.25, -0.2) is 4.79 Å². The minimum Gasteiger partial charge on any atom is -0.481 e. The Morgan fingerprint density at radius 1 is 1.35 bits per heavy atom. The molecule has 7 heteroatoms. The zero-order chi connectivity index (χ0) is 18.8. The number of nitrogens with one attached hydrogen (secondary N) is 1. The first kappa shape index (κ1) is 18.2. The first-order valence-corrected chi connectivity index (χ1v) is 9.09. The molecule has 2 aliphatic heterocycles. The molecule has 1 aromatic carbocycles. The number of aliphatic carboxylic acids is 1. The highest BCUT2D eigenvalue weighted by atomic mass is 16.4. The van der Waals surface area contributed by atoms with Crippen molar-refractivity contribution in [3.05, 3.63) is 29.8 Å². The van der Waals surface area contributed by atoms with Crippen LogP contribution in [0, 0.1) is 11.8 Å². The van der Waals surface area contributed by atoms with Crippen LogP contribution in [0.15, 0.2) is 24.3 Å². The molecule has 0 aliphatic carbocycles. The molecule has 26 heavy (non-hydrogen) atoms. The Hall–Kier alpha value is -2.57. The smallest absolute Gasteiger partial charge is 0.321 e. The minimum atomic E-state index is -0.877. The van der Waals surface area contributed by atoms with Gasteiger partial charge in [-0.1, -0.05) is 38.5 Å². The van der Waals surface area contributed by atoms with Gasteiger partial charge in [-0.3, -0.25) is 9.59 Å². The molecule has 0 radical (unpaired) electrons. The van der Waals surface area contributed by atoms with Crippen molar-refractivity contribution in [2.24, 2.45) is 11.8 Å². The van der Waals surface area contributed by atoms with Crippen LogP contribution in [0.4, 0.5) is 10.5 Å². The second-order valence-electron chi connectivity index (χ2n) is 7.16. The first-order chi connectivity index (χ1) is 12.4. The lowest BCUT2D eigenvalue weighted by molar-refractivity contribution is -0.141. The number of urea groups is 1. The Bertz CT molecular complexity index is 720. The lowest BCUT2D eigenvalue weighted by Crippen LogP contribution is -2.53. The molecule has 0 aromatic heterocycles. The van der Waals surface area contributed by atoms with Gasteiger partial charge < -0.3 is 20.2 Å². The van der Waals surface area contributed by atoms with Crippen molar-refractivity contribution >= 4 is 23.6 Å². The number of fused-ring (bicyclic) bond motifs is 1. The van der Waals surface area contributed by atoms with E-state index in [0.717, 1.165) is 17.7 Å². The van der Waals surface area contributed by atoms with E-state index < -0.39 is 17.9 Å². The van der Waals surface area contributed by atoms with Gasteiger partial charge in [0.15, 0.2) is 0 Å². The van der Waals surface area contributed by atoms with E-state index in [2.05, 4.69) is 5.32 Å². The molecule has 7 nitrogen and oxygen atoms in total. The number of carbonyl (C=O) groups is 3. The summed E-state index contributed by atoms with van der Waals surface area (Å²) < 4.78 is 0. The van der Waals surface area contributed by atoms with Gasteiger partial charge in [0.2, 0.25) is 5.91 Å². The maximum atomic E-state index is 13.2. The van der Waals surface area contributed by atoms with Crippen molar-refractivity contribution in [2.75, 3.05) is 18.4 Å². The van der Waals surface area contributed by atoms with Crippen LogP contribution in [-0.4, -0.2) is 51.9 Å². The summed E-state index contributed by atoms with van der Waals surface area (Å²) in [5.74, 6) is -1.61. The molecule has 2 N–H and O–H groups in total. The van der Waals surface area contributed by atoms with Crippen molar-refractivity contribution < 1.29 is 19.5 Å². The molecule has 2 aliphatic rings. The number of anilines is 1. The van der Waals surface area contributed by atoms with Gasteiger partial charge in [0, 0.05) is 18.8 Å². The molecule has 3 amide bonds. The lowest BCUT2D eigenvalue weighted by atomic mass is 9.97. The summed E-state index contributed by atoms with van der Waals surface area (Å²) in [7, 11) is 0. The number of carboxylic acids is 1. The van der Waals surface area contributed by atoms with E-state index in [9.17, 15) is 19.5 Å². The van der Waals surface area contributed by atoms with Crippen molar-refractivity contribution in [3.8, 4) is 0 Å². The van der Waals surface area contributed by atoms with Gasteiger partial charge in [-0.2, -0.15) is 0 Å². The molecule has 3 atom stereocenters. The van der Waals surface area contributed by atoms with Gasteiger partial charge in [0.25, 0.3) is 0 Å². The quantitative estimate of drug-likeness (QED) is 0.867. The monoisotopic (exact) mass is 359 g/mol. The number of nitrogens with zero attached hydrogens (tertiary/aromatic N) is 2. The molecule has 0 spiro atoms. The van der Waals surface area contributed by atoms with Crippen molar-refractivity contribution in [1.82, 2.24) is 9.80 Å². The fourth-order valence-electron chi connectivity index (χ4n) is 3.70. The van der Waals surface area contributed by atoms with E-state index in [4.69, 9.17) is 0 Å². The summed E-state index contributed by atoms with van der Waals surface area (Å²) in [5.41, 5.74) is 1.61. The number of rotatable bonds is 3. The average molecular weight is 359 g/mol. The summed E-state index contributed by atoms with van der Waals surface area (Å²) in [6.07, 6.45) is 1.21. The maximum Gasteiger partial charge on any atom is 0.321 e. The Kier molecular flexibility index (Phi) is 5.15. The van der Waals surface area contributed by atoms with Gasteiger partial charge in [0.05, 0.1) is 12.5 Å². The lowest BCUT2D eigenvalue weighted by Gasteiger charge is -2.35. The number of carboxylic acid groups (broad SMARTS) is 1. The van der Waals surface area contributed by atoms with E-state index in [-0.39, 0.29) is 24.4 Å². The van der Waals surface area contributed by atoms with Crippen LogP contribution in [0.25, 0.3) is 0 Å². The van der Waals surface area contributed by atoms with E-state index in [1.54, 1.807) is 9.80 Å². The Balaban J connectivity index is 1.91. The van der Waals surface area contributed by atoms with Crippen LogP contribution in [0.2, 0.25) is 0 Å². The first-order valence-electron chi connectivity index (χ1n) is 9.09. The summed E-state index contributed by atoms with van der Waals surface area (Å²) in [5, 5.41) is 12.1. The molecule has 1 aromatic rings. The Morgan fingerprint density at radius 3 is 2.73 bits per heavy atom. The molecule has 140 valence electrons. The van der Waals surface area contributed by atoms with Gasteiger partial charge in [-0.05, 0) is 24.0 Å². The van der Waals surface area contributed by atoms with Crippen molar-refractivity contribution in [1.29, 1.82) is 0 Å². The zero-order valence-electron chi connectivity index (χ0n) is 15.1. The summed E-state index contributed by atoms with van der Waals surface area (Å²) >= 11 is 0. The van der Waals surface area contributed by atoms with E-state index in [1.165, 1.54) is 0 Å². The number of likely N-dealkylation sites (tertiary alicyclic amines) is 1. The molecule has 2 heterocycles. The number of carbonyl (C=O) groups excluding carboxylic acids is 2. The van der Waals surface area contributed by atoms with Gasteiger partial charge >= 0.3 is 12.0 Å². The zero-order valence-corrected chi connectivity index (χ0v) is 15.1. The molecule has 3 rings (SSSR count). The normalized spacial score (nSPS) is 23.8. The van der Waals surface area contributed by atoms with Crippen LogP contribution in [-0.2, 0) is 16.1 Å². The number of hydrogen-bond donors (Lipinski definition) is 2. The van der Waals surface area contributed by atoms with E-state index in [1.807, 2.05) is 38.1 Å². The van der Waals surface area contributed by atoms with Crippen LogP contribution >= 0.6 is 0 Å². The molecule has 0 bridgehead atoms. The third-order valence-electron chi connectivity index (χ3n) is 5.46. The predicted molar refractivity (Wildman–Crippen MR) is 96.6 cm³/mol. The third-order valence-corrected chi connectivity index (χ3v) is 5.46. The Labute approximate surface area is 153 Å². The fourth-order valence-corrected chi connectivity index (χ4v) is 3.70. The fraction of sp³-hybridized carbons (Fsp3) is 0.526. The van der Waals surface area contributed by atoms with Crippen molar-refractivity contribution in [2.45, 2.75) is 39.3 Å². The van der Waals surface area contributed by atoms with Gasteiger partial charge in [0.1, 0.15) is 6.04 Å². The average Bonchev–Trinajstić information content (AvgIpc) is 3.06. The van der Waals surface area contributed by atoms with Gasteiger partial charge in [-0.15, -0.1) is 0 Å². The molecule has 0 unspecified atom stereocenters. The SMILES string of the molecule is CC[C@H](C)[C@H]1C(=O)Nc2ccccc2CN1C(=O)N1CC[C@H](C(=O)O)C1. The highest BCUT2D eigenvalue weighted by Gasteiger charge is 2.40. The summed E-state index contributed by atoms with van der Waals surface area (Å²) in [6.45, 7) is 4.89. The third kappa shape index (κ3) is 3.38. The topological polar surface area (TPSA) is 90.0 Å². The second kappa shape index (κ2) is 7.35. The summed E-state index contributed by atoms with van der Waals surface area (Å²) in [4.78, 5) is 40.4. The molecule has 1 saturated heterocycles. The van der Waals surface area contributed by atoms with Crippen LogP contribution in [0.3, 0.4) is 0 Å². The number of para-hydroxylation sites is 1. The Morgan fingerprint density at radius 2 is 2.08 bits per heavy atom. The molecule has 0 saturated carbocycles. The number of benzene rings is 1. The maximum absolute atomic E-state index is 13.2. The van der Waals surface area contributed by atoms with E-state index >= 15 is 0 Å². The molecular weight excluding hydrogens is 334 g/mol. The predicted octanol–water partition coefficient (Wildman–Crippen LogP) is 2.38. The number of amides is 3. The second-order valence-corrected chi connectivity index (χ2v) is 7.16. The minimum absolute atomic E-state index is 0.00821. The van der Waals surface area contributed by atoms with Crippen molar-refractivity contribution in [3.63, 3.8) is 0 Å². The van der Waals surface area contributed by atoms with Crippen LogP contribution in [0.5, 0.6) is 0 Å².